The summed E-state index contributed by atoms with van der Waals surface area (Å²) in [5, 5.41) is 21.1. The first-order valence-electron chi connectivity index (χ1n) is 10.0. The fourth-order valence-corrected chi connectivity index (χ4v) is 3.24. The van der Waals surface area contributed by atoms with Gasteiger partial charge in [-0.25, -0.2) is 14.0 Å². The highest BCUT2D eigenvalue weighted by Crippen LogP contribution is 2.25. The van der Waals surface area contributed by atoms with Crippen molar-refractivity contribution in [2.75, 3.05) is 13.1 Å². The molecule has 0 heterocycles. The van der Waals surface area contributed by atoms with Gasteiger partial charge in [-0.2, -0.15) is 0 Å². The number of rotatable bonds is 10. The Labute approximate surface area is 180 Å². The second kappa shape index (κ2) is 11.1. The summed E-state index contributed by atoms with van der Waals surface area (Å²) >= 11 is 0. The van der Waals surface area contributed by atoms with E-state index in [9.17, 15) is 23.9 Å². The van der Waals surface area contributed by atoms with Crippen LogP contribution in [0, 0.1) is 11.7 Å². The summed E-state index contributed by atoms with van der Waals surface area (Å²) in [6, 6.07) is 11.3. The van der Waals surface area contributed by atoms with E-state index in [1.165, 1.54) is 17.0 Å². The zero-order valence-corrected chi connectivity index (χ0v) is 17.5. The quantitative estimate of drug-likeness (QED) is 0.534. The summed E-state index contributed by atoms with van der Waals surface area (Å²) < 4.78 is 13.9. The van der Waals surface area contributed by atoms with Gasteiger partial charge in [0, 0.05) is 19.5 Å². The Bertz CT molecular complexity index is 917. The van der Waals surface area contributed by atoms with Crippen LogP contribution in [0.2, 0.25) is 0 Å². The van der Waals surface area contributed by atoms with Crippen LogP contribution in [0.5, 0.6) is 0 Å². The van der Waals surface area contributed by atoms with E-state index >= 15 is 0 Å². The van der Waals surface area contributed by atoms with Gasteiger partial charge in [-0.15, -0.1) is 0 Å². The van der Waals surface area contributed by atoms with Crippen LogP contribution < -0.4 is 5.32 Å². The maximum absolute atomic E-state index is 13.9. The number of nitrogens with zero attached hydrogens (tertiary/aromatic N) is 1. The molecule has 0 unspecified atom stereocenters. The smallest absolute Gasteiger partial charge is 0.326 e. The van der Waals surface area contributed by atoms with Gasteiger partial charge in [-0.05, 0) is 34.7 Å². The molecule has 31 heavy (non-hydrogen) atoms. The average Bonchev–Trinajstić information content (AvgIpc) is 2.70. The van der Waals surface area contributed by atoms with Crippen molar-refractivity contribution in [1.82, 2.24) is 10.2 Å². The van der Waals surface area contributed by atoms with Gasteiger partial charge < -0.3 is 20.4 Å². The first-order chi connectivity index (χ1) is 14.7. The van der Waals surface area contributed by atoms with Gasteiger partial charge in [-0.3, -0.25) is 4.79 Å². The monoisotopic (exact) mass is 430 g/mol. The van der Waals surface area contributed by atoms with Gasteiger partial charge in [0.25, 0.3) is 0 Å². The second-order valence-corrected chi connectivity index (χ2v) is 7.70. The number of hydrogen-bond acceptors (Lipinski definition) is 3. The summed E-state index contributed by atoms with van der Waals surface area (Å²) in [6.45, 7) is 3.98. The predicted octanol–water partition coefficient (Wildman–Crippen LogP) is 3.63. The van der Waals surface area contributed by atoms with Crippen molar-refractivity contribution in [2.24, 2.45) is 5.92 Å². The lowest BCUT2D eigenvalue weighted by Gasteiger charge is -2.26. The Kier molecular flexibility index (Phi) is 8.54. The fourth-order valence-electron chi connectivity index (χ4n) is 3.24. The zero-order chi connectivity index (χ0) is 23.0. The van der Waals surface area contributed by atoms with Gasteiger partial charge >= 0.3 is 18.0 Å². The number of halogens is 1. The summed E-state index contributed by atoms with van der Waals surface area (Å²) in [6.07, 6.45) is -0.378. The molecule has 2 rings (SSSR count). The number of carboxylic acid groups (broad SMARTS) is 2. The Balaban J connectivity index is 2.25. The van der Waals surface area contributed by atoms with Crippen LogP contribution in [-0.2, 0) is 16.0 Å². The standard InChI is InChI=1S/C23H27FN2O5/c1-15(2)14-26(11-10-21(27)28)23(31)25-20(22(29)30)13-17-12-18(24)8-9-19(17)16-6-4-3-5-7-16/h3-9,12,15,20H,10-11,13-14H2,1-2H3,(H,25,31)(H,27,28)(H,29,30)/t20-/m0/s1. The number of nitrogens with one attached hydrogen (secondary N) is 1. The highest BCUT2D eigenvalue weighted by molar-refractivity contribution is 5.83. The molecule has 0 spiro atoms. The lowest BCUT2D eigenvalue weighted by Crippen LogP contribution is -2.50. The van der Waals surface area contributed by atoms with Crippen LogP contribution in [0.25, 0.3) is 11.1 Å². The first-order valence-corrected chi connectivity index (χ1v) is 10.0. The average molecular weight is 430 g/mol. The molecule has 8 heteroatoms. The number of benzene rings is 2. The predicted molar refractivity (Wildman–Crippen MR) is 114 cm³/mol. The molecule has 0 radical (unpaired) electrons. The molecule has 3 N–H and O–H groups in total. The Morgan fingerprint density at radius 2 is 1.74 bits per heavy atom. The molecular formula is C23H27FN2O5. The SMILES string of the molecule is CC(C)CN(CCC(=O)O)C(=O)N[C@@H](Cc1cc(F)ccc1-c1ccccc1)C(=O)O. The topological polar surface area (TPSA) is 107 Å². The third kappa shape index (κ3) is 7.40. The first kappa shape index (κ1) is 23.9. The Morgan fingerprint density at radius 3 is 2.32 bits per heavy atom. The normalized spacial score (nSPS) is 11.7. The van der Waals surface area contributed by atoms with Gasteiger partial charge in [0.2, 0.25) is 0 Å². The molecule has 7 nitrogen and oxygen atoms in total. The van der Waals surface area contributed by atoms with Crippen molar-refractivity contribution in [3.05, 3.63) is 59.9 Å². The van der Waals surface area contributed by atoms with Crippen LogP contribution in [0.15, 0.2) is 48.5 Å². The van der Waals surface area contributed by atoms with E-state index in [1.807, 2.05) is 44.2 Å². The molecule has 2 amide bonds. The molecule has 0 aliphatic rings. The molecule has 0 aliphatic carbocycles. The van der Waals surface area contributed by atoms with E-state index in [0.29, 0.717) is 11.1 Å². The minimum atomic E-state index is -1.31. The summed E-state index contributed by atoms with van der Waals surface area (Å²) in [4.78, 5) is 36.8. The highest BCUT2D eigenvalue weighted by atomic mass is 19.1. The van der Waals surface area contributed by atoms with Gasteiger partial charge in [0.15, 0.2) is 0 Å². The molecule has 2 aromatic carbocycles. The second-order valence-electron chi connectivity index (χ2n) is 7.70. The molecule has 0 bridgehead atoms. The van der Waals surface area contributed by atoms with Crippen molar-refractivity contribution < 1.29 is 29.0 Å². The third-order valence-corrected chi connectivity index (χ3v) is 4.64. The molecule has 0 aliphatic heterocycles. The summed E-state index contributed by atoms with van der Waals surface area (Å²) in [5.41, 5.74) is 1.92. The number of urea groups is 1. The number of carbonyl (C=O) groups excluding carboxylic acids is 1. The van der Waals surface area contributed by atoms with Crippen molar-refractivity contribution in [2.45, 2.75) is 32.7 Å². The minimum Gasteiger partial charge on any atom is -0.481 e. The van der Waals surface area contributed by atoms with Gasteiger partial charge in [-0.1, -0.05) is 50.2 Å². The minimum absolute atomic E-state index is 0.0408. The molecule has 1 atom stereocenters. The number of carboxylic acids is 2. The van der Waals surface area contributed by atoms with Crippen LogP contribution in [0.4, 0.5) is 9.18 Å². The highest BCUT2D eigenvalue weighted by Gasteiger charge is 2.25. The maximum atomic E-state index is 13.9. The maximum Gasteiger partial charge on any atom is 0.326 e. The van der Waals surface area contributed by atoms with E-state index in [1.54, 1.807) is 6.07 Å². The number of aliphatic carboxylic acids is 2. The molecule has 0 saturated heterocycles. The van der Waals surface area contributed by atoms with Crippen LogP contribution in [0.3, 0.4) is 0 Å². The molecule has 0 aromatic heterocycles. The van der Waals surface area contributed by atoms with Crippen molar-refractivity contribution >= 4 is 18.0 Å². The molecule has 166 valence electrons. The number of carbonyl (C=O) groups is 3. The number of hydrogen-bond donors (Lipinski definition) is 3. The van der Waals surface area contributed by atoms with Crippen LogP contribution in [-0.4, -0.2) is 52.2 Å². The number of amides is 2. The third-order valence-electron chi connectivity index (χ3n) is 4.64. The Hall–Kier alpha value is -3.42. The van der Waals surface area contributed by atoms with Gasteiger partial charge in [0.1, 0.15) is 11.9 Å². The summed E-state index contributed by atoms with van der Waals surface area (Å²) in [5.74, 6) is -2.76. The van der Waals surface area contributed by atoms with E-state index in [4.69, 9.17) is 5.11 Å². The molecule has 0 saturated carbocycles. The summed E-state index contributed by atoms with van der Waals surface area (Å²) in [7, 11) is 0. The largest absolute Gasteiger partial charge is 0.481 e. The van der Waals surface area contributed by atoms with E-state index in [-0.39, 0.29) is 31.8 Å². The fraction of sp³-hybridized carbons (Fsp3) is 0.348. The van der Waals surface area contributed by atoms with Crippen molar-refractivity contribution in [3.63, 3.8) is 0 Å². The van der Waals surface area contributed by atoms with Crippen molar-refractivity contribution in [1.29, 1.82) is 0 Å². The van der Waals surface area contributed by atoms with Crippen LogP contribution in [0.1, 0.15) is 25.8 Å². The zero-order valence-electron chi connectivity index (χ0n) is 17.5. The van der Waals surface area contributed by atoms with Gasteiger partial charge in [0.05, 0.1) is 6.42 Å². The van der Waals surface area contributed by atoms with E-state index < -0.39 is 29.8 Å². The van der Waals surface area contributed by atoms with Crippen molar-refractivity contribution in [3.8, 4) is 11.1 Å². The molecule has 2 aromatic rings. The van der Waals surface area contributed by atoms with Crippen LogP contribution >= 0.6 is 0 Å². The molecular weight excluding hydrogens is 403 g/mol. The molecule has 0 fully saturated rings. The Morgan fingerprint density at radius 1 is 1.06 bits per heavy atom. The lowest BCUT2D eigenvalue weighted by atomic mass is 9.95. The lowest BCUT2D eigenvalue weighted by molar-refractivity contribution is -0.139. The van der Waals surface area contributed by atoms with E-state index in [0.717, 1.165) is 5.56 Å². The van der Waals surface area contributed by atoms with E-state index in [2.05, 4.69) is 5.32 Å².